The molecule has 1 aliphatic carbocycles. The number of hydrogen-bond donors (Lipinski definition) is 3. The molecule has 5 nitrogen and oxygen atoms in total. The number of benzene rings is 1. The summed E-state index contributed by atoms with van der Waals surface area (Å²) in [7, 11) is 0. The molecule has 1 aromatic heterocycles. The zero-order chi connectivity index (χ0) is 18.4. The van der Waals surface area contributed by atoms with E-state index in [1.807, 2.05) is 31.2 Å². The average Bonchev–Trinajstić information content (AvgIpc) is 3.13. The van der Waals surface area contributed by atoms with Crippen molar-refractivity contribution in [1.29, 1.82) is 0 Å². The summed E-state index contributed by atoms with van der Waals surface area (Å²) in [6.07, 6.45) is 4.81. The number of H-pyrrole nitrogens is 1. The molecule has 6 heteroatoms. The molecule has 3 N–H and O–H groups in total. The lowest BCUT2D eigenvalue weighted by atomic mass is 9.85. The van der Waals surface area contributed by atoms with Gasteiger partial charge in [0, 0.05) is 27.1 Å². The summed E-state index contributed by atoms with van der Waals surface area (Å²) in [5.41, 5.74) is 6.42. The first-order chi connectivity index (χ1) is 12.4. The maximum atomic E-state index is 12.5. The van der Waals surface area contributed by atoms with Crippen LogP contribution in [0.2, 0.25) is 0 Å². The minimum Gasteiger partial charge on any atom is -0.481 e. The highest BCUT2D eigenvalue weighted by Crippen LogP contribution is 2.40. The van der Waals surface area contributed by atoms with Crippen LogP contribution in [0.3, 0.4) is 0 Å². The number of halogens is 1. The van der Waals surface area contributed by atoms with Crippen molar-refractivity contribution < 1.29 is 14.7 Å². The van der Waals surface area contributed by atoms with E-state index >= 15 is 0 Å². The van der Waals surface area contributed by atoms with E-state index in [1.165, 1.54) is 0 Å². The van der Waals surface area contributed by atoms with Gasteiger partial charge in [0.1, 0.15) is 0 Å². The van der Waals surface area contributed by atoms with Gasteiger partial charge >= 0.3 is 5.97 Å². The largest absolute Gasteiger partial charge is 0.481 e. The second kappa shape index (κ2) is 6.43. The summed E-state index contributed by atoms with van der Waals surface area (Å²) < 4.78 is 0.964. The monoisotopic (exact) mass is 414 g/mol. The number of aliphatic carboxylic acids is 1. The molecule has 1 unspecified atom stereocenters. The fraction of sp³-hybridized carbons (Fsp3) is 0.300. The lowest BCUT2D eigenvalue weighted by Crippen LogP contribution is -2.12. The predicted molar refractivity (Wildman–Crippen MR) is 104 cm³/mol. The summed E-state index contributed by atoms with van der Waals surface area (Å²) in [6, 6.07) is 5.84. The van der Waals surface area contributed by atoms with Gasteiger partial charge in [-0.1, -0.05) is 15.9 Å². The third-order valence-electron chi connectivity index (χ3n) is 5.26. The zero-order valence-corrected chi connectivity index (χ0v) is 15.9. The Labute approximate surface area is 159 Å². The van der Waals surface area contributed by atoms with Gasteiger partial charge in [0.25, 0.3) is 5.91 Å². The van der Waals surface area contributed by atoms with Crippen LogP contribution in [0, 0.1) is 6.92 Å². The van der Waals surface area contributed by atoms with Crippen molar-refractivity contribution in [2.45, 2.75) is 38.5 Å². The fourth-order valence-electron chi connectivity index (χ4n) is 4.02. The van der Waals surface area contributed by atoms with Gasteiger partial charge in [-0.3, -0.25) is 9.59 Å². The first-order valence-corrected chi connectivity index (χ1v) is 9.49. The third-order valence-corrected chi connectivity index (χ3v) is 6.11. The van der Waals surface area contributed by atoms with Gasteiger partial charge in [-0.15, -0.1) is 0 Å². The smallest absolute Gasteiger partial charge is 0.303 e. The van der Waals surface area contributed by atoms with Crippen LogP contribution in [0.5, 0.6) is 0 Å². The highest BCUT2D eigenvalue weighted by molar-refractivity contribution is 9.10. The molecule has 0 bridgehead atoms. The van der Waals surface area contributed by atoms with Crippen LogP contribution >= 0.6 is 15.9 Å². The lowest BCUT2D eigenvalue weighted by Gasteiger charge is -2.20. The lowest BCUT2D eigenvalue weighted by molar-refractivity contribution is -0.137. The summed E-state index contributed by atoms with van der Waals surface area (Å²) in [5.74, 6) is -0.843. The van der Waals surface area contributed by atoms with Crippen molar-refractivity contribution in [3.63, 3.8) is 0 Å². The van der Waals surface area contributed by atoms with Gasteiger partial charge in [0.15, 0.2) is 0 Å². The number of carboxylic acid groups (broad SMARTS) is 1. The highest BCUT2D eigenvalue weighted by atomic mass is 79.9. The number of aromatic amines is 1. The fourth-order valence-corrected chi connectivity index (χ4v) is 4.35. The van der Waals surface area contributed by atoms with E-state index in [4.69, 9.17) is 5.11 Å². The number of aromatic nitrogens is 1. The molecule has 0 spiro atoms. The van der Waals surface area contributed by atoms with Crippen molar-refractivity contribution in [1.82, 2.24) is 4.98 Å². The molecular weight excluding hydrogens is 396 g/mol. The molecule has 1 aromatic carbocycles. The van der Waals surface area contributed by atoms with Crippen molar-refractivity contribution in [2.75, 3.05) is 5.32 Å². The summed E-state index contributed by atoms with van der Waals surface area (Å²) in [4.78, 5) is 27.0. The summed E-state index contributed by atoms with van der Waals surface area (Å²) in [6.45, 7) is 1.99. The van der Waals surface area contributed by atoms with Gasteiger partial charge in [-0.05, 0) is 67.5 Å². The van der Waals surface area contributed by atoms with Crippen LogP contribution in [0.1, 0.15) is 53.3 Å². The van der Waals surface area contributed by atoms with Gasteiger partial charge in [0.2, 0.25) is 0 Å². The van der Waals surface area contributed by atoms with Crippen LogP contribution in [0.15, 0.2) is 22.7 Å². The molecule has 0 saturated heterocycles. The number of carbonyl (C=O) groups excluding carboxylic acids is 1. The van der Waals surface area contributed by atoms with Gasteiger partial charge in [-0.25, -0.2) is 0 Å². The Morgan fingerprint density at radius 2 is 2.23 bits per heavy atom. The van der Waals surface area contributed by atoms with Crippen LogP contribution in [0.4, 0.5) is 5.69 Å². The van der Waals surface area contributed by atoms with Gasteiger partial charge in [-0.2, -0.15) is 0 Å². The molecule has 2 heterocycles. The first-order valence-electron chi connectivity index (χ1n) is 8.70. The molecule has 1 aliphatic heterocycles. The summed E-state index contributed by atoms with van der Waals surface area (Å²) in [5, 5.41) is 12.1. The Hall–Kier alpha value is -2.34. The Morgan fingerprint density at radius 1 is 1.42 bits per heavy atom. The minimum absolute atomic E-state index is 0.0419. The van der Waals surface area contributed by atoms with Crippen molar-refractivity contribution in [3.8, 4) is 0 Å². The number of aryl methyl sites for hydroxylation is 1. The Balaban J connectivity index is 1.75. The standard InChI is InChI=1S/C20H19BrN2O3/c1-10-15(21)5-6-17-19(10)14(20(26)23-17)9-12-8-13-11(7-18(24)25)3-2-4-16(13)22-12/h5-6,8-9,11,22H,2-4,7H2,1H3,(H,23,26)(H,24,25). The molecule has 0 fully saturated rings. The molecule has 26 heavy (non-hydrogen) atoms. The first kappa shape index (κ1) is 17.1. The average molecular weight is 415 g/mol. The Morgan fingerprint density at radius 3 is 3.00 bits per heavy atom. The van der Waals surface area contributed by atoms with Crippen LogP contribution in [0.25, 0.3) is 11.6 Å². The van der Waals surface area contributed by atoms with E-state index in [0.29, 0.717) is 5.57 Å². The maximum absolute atomic E-state index is 12.5. The SMILES string of the molecule is Cc1c(Br)ccc2c1C(=Cc1cc3c([nH]1)CCCC3CC(=O)O)C(=O)N2. The van der Waals surface area contributed by atoms with Crippen molar-refractivity contribution in [3.05, 3.63) is 50.8 Å². The third kappa shape index (κ3) is 2.88. The van der Waals surface area contributed by atoms with E-state index in [-0.39, 0.29) is 18.2 Å². The zero-order valence-electron chi connectivity index (χ0n) is 14.4. The molecule has 2 aromatic rings. The Bertz CT molecular complexity index is 958. The minimum atomic E-state index is -0.770. The molecule has 134 valence electrons. The molecule has 2 aliphatic rings. The van der Waals surface area contributed by atoms with Crippen LogP contribution in [-0.4, -0.2) is 22.0 Å². The maximum Gasteiger partial charge on any atom is 0.303 e. The molecule has 4 rings (SSSR count). The number of carboxylic acids is 1. The van der Waals surface area contributed by atoms with Gasteiger partial charge in [0.05, 0.1) is 12.0 Å². The quantitative estimate of drug-likeness (QED) is 0.647. The molecule has 0 radical (unpaired) electrons. The number of anilines is 1. The van der Waals surface area contributed by atoms with Crippen molar-refractivity contribution >= 4 is 45.1 Å². The number of fused-ring (bicyclic) bond motifs is 2. The van der Waals surface area contributed by atoms with E-state index in [9.17, 15) is 9.59 Å². The van der Waals surface area contributed by atoms with Crippen molar-refractivity contribution in [2.24, 2.45) is 0 Å². The molecule has 1 amide bonds. The summed E-state index contributed by atoms with van der Waals surface area (Å²) >= 11 is 3.53. The van der Waals surface area contributed by atoms with E-state index in [0.717, 1.165) is 57.5 Å². The molecule has 1 atom stereocenters. The number of amides is 1. The normalized spacial score (nSPS) is 20.0. The number of carbonyl (C=O) groups is 2. The topological polar surface area (TPSA) is 82.2 Å². The van der Waals surface area contributed by atoms with Crippen LogP contribution < -0.4 is 5.32 Å². The van der Waals surface area contributed by atoms with E-state index in [1.54, 1.807) is 0 Å². The Kier molecular flexibility index (Phi) is 4.23. The molecular formula is C20H19BrN2O3. The number of hydrogen-bond acceptors (Lipinski definition) is 2. The number of nitrogens with one attached hydrogen (secondary N) is 2. The molecule has 0 saturated carbocycles. The second-order valence-electron chi connectivity index (χ2n) is 6.95. The second-order valence-corrected chi connectivity index (χ2v) is 7.81. The predicted octanol–water partition coefficient (Wildman–Crippen LogP) is 4.47. The van der Waals surface area contributed by atoms with Crippen LogP contribution in [-0.2, 0) is 16.0 Å². The van der Waals surface area contributed by atoms with Gasteiger partial charge < -0.3 is 15.4 Å². The van der Waals surface area contributed by atoms with E-state index in [2.05, 4.69) is 26.2 Å². The highest BCUT2D eigenvalue weighted by Gasteiger charge is 2.28. The number of rotatable bonds is 3. The van der Waals surface area contributed by atoms with E-state index < -0.39 is 5.97 Å².